The number of ketones is 2. The van der Waals surface area contributed by atoms with Crippen molar-refractivity contribution in [2.75, 3.05) is 13.1 Å². The van der Waals surface area contributed by atoms with E-state index in [1.54, 1.807) is 53.7 Å². The van der Waals surface area contributed by atoms with Gasteiger partial charge in [-0.1, -0.05) is 106 Å². The fourth-order valence-corrected chi connectivity index (χ4v) is 8.51. The average molecular weight is 1150 g/mol. The molecule has 0 aromatic heterocycles. The Labute approximate surface area is 484 Å². The predicted octanol–water partition coefficient (Wildman–Crippen LogP) is 3.39. The number of benzene rings is 2. The first-order valence-electron chi connectivity index (χ1n) is 28.5. The number of alkyl carbamates (subject to hydrolysis) is 2. The summed E-state index contributed by atoms with van der Waals surface area (Å²) in [6.45, 7) is 13.4. The topological polar surface area (TPSA) is 408 Å². The zero-order valence-electron chi connectivity index (χ0n) is 49.6. The third-order valence-electron chi connectivity index (χ3n) is 12.8. The molecule has 6 atom stereocenters. The number of ether oxygens (including phenoxy) is 2. The van der Waals surface area contributed by atoms with Crippen LogP contribution in [0.3, 0.4) is 0 Å². The number of hydrogen-bond acceptors (Lipinski definition) is 14. The molecule has 0 aliphatic heterocycles. The van der Waals surface area contributed by atoms with Crippen LogP contribution < -0.4 is 66.3 Å². The van der Waals surface area contributed by atoms with E-state index in [0.29, 0.717) is 19.3 Å². The number of amides is 6. The number of nitrogens with two attached hydrogens (primary N) is 6. The van der Waals surface area contributed by atoms with Gasteiger partial charge < -0.3 is 75.8 Å². The van der Waals surface area contributed by atoms with Crippen LogP contribution in [0, 0.1) is 0 Å². The second kappa shape index (κ2) is 36.2. The Hall–Kier alpha value is -7.34. The molecule has 0 saturated carbocycles. The standard InChI is InChI=1S/C58H96N14O10/c1-38(67-54(79)81-56(3,4)5)48(75)69-42(30-24-34-65-52(59)60)50(77)71-44(36-40-26-18-16-19-27-40)46(73)32-22-14-12-10-9-11-13-15-23-33-58(63,64)47(74)45(37-41-28-20-17-21-29-41)72-51(78)43(31-25-35-66-53(61)62)70-49(76)39(2)68-55(80)82-57(6,7)8/h16-21,26-29,38-39,42-45H,9-15,22-25,30-37,63-64H2,1-8H3,(H,67,79)(H,68,80)(H,69,75)(H,70,76)(H,71,77)(H,72,78)(H4,59,60,65)(H4,61,62,66)/t38-,39-,42-,43-,44-,45-/m0/s1. The van der Waals surface area contributed by atoms with Gasteiger partial charge in [0.1, 0.15) is 41.0 Å². The van der Waals surface area contributed by atoms with E-state index in [4.69, 9.17) is 43.9 Å². The fourth-order valence-electron chi connectivity index (χ4n) is 8.51. The molecule has 24 nitrogen and oxygen atoms in total. The summed E-state index contributed by atoms with van der Waals surface area (Å²) in [5.74, 6) is -3.49. The Morgan fingerprint density at radius 3 is 1.21 bits per heavy atom. The van der Waals surface area contributed by atoms with Crippen LogP contribution >= 0.6 is 0 Å². The molecule has 2 aromatic carbocycles. The number of nitrogens with zero attached hydrogens (tertiary/aromatic N) is 2. The minimum atomic E-state index is -1.79. The second-order valence-electron chi connectivity index (χ2n) is 22.8. The van der Waals surface area contributed by atoms with Crippen LogP contribution in [0.25, 0.3) is 0 Å². The van der Waals surface area contributed by atoms with Gasteiger partial charge in [-0.2, -0.15) is 0 Å². The van der Waals surface area contributed by atoms with Crippen LogP contribution in [-0.2, 0) is 51.1 Å². The lowest BCUT2D eigenvalue weighted by Crippen LogP contribution is -2.64. The summed E-state index contributed by atoms with van der Waals surface area (Å²) in [5.41, 5.74) is 33.3. The number of unbranched alkanes of at least 4 members (excludes halogenated alkanes) is 8. The summed E-state index contributed by atoms with van der Waals surface area (Å²) in [6, 6.07) is 12.0. The second-order valence-corrected chi connectivity index (χ2v) is 22.8. The zero-order chi connectivity index (χ0) is 61.5. The monoisotopic (exact) mass is 1150 g/mol. The Bertz CT molecular complexity index is 2380. The normalized spacial score (nSPS) is 13.7. The van der Waals surface area contributed by atoms with Crippen molar-refractivity contribution in [2.45, 2.75) is 218 Å². The van der Waals surface area contributed by atoms with Gasteiger partial charge in [0.05, 0.1) is 12.1 Å². The number of guanidine groups is 2. The third kappa shape index (κ3) is 31.0. The number of carbonyl (C=O) groups is 8. The molecule has 82 heavy (non-hydrogen) atoms. The van der Waals surface area contributed by atoms with Gasteiger partial charge in [0.2, 0.25) is 23.6 Å². The molecule has 0 fully saturated rings. The summed E-state index contributed by atoms with van der Waals surface area (Å²) in [5, 5.41) is 16.0. The van der Waals surface area contributed by atoms with Gasteiger partial charge in [0, 0.05) is 19.5 Å². The van der Waals surface area contributed by atoms with Crippen molar-refractivity contribution < 1.29 is 47.8 Å². The highest BCUT2D eigenvalue weighted by atomic mass is 16.6. The van der Waals surface area contributed by atoms with Gasteiger partial charge >= 0.3 is 12.2 Å². The number of carbonyl (C=O) groups excluding carboxylic acids is 8. The first-order chi connectivity index (χ1) is 38.5. The lowest BCUT2D eigenvalue weighted by atomic mass is 9.90. The molecule has 458 valence electrons. The SMILES string of the molecule is C[C@H](NC(=O)OC(C)(C)C)C(=O)N[C@@H](CCCN=C(N)N)C(=O)N[C@@H](Cc1ccccc1)C(=O)CCCCCCCCCCCC(N)(N)C(=O)[C@H](Cc1ccccc1)NC(=O)[C@H](CCCN=C(N)N)NC(=O)[C@H](C)NC(=O)OC(C)(C)C. The molecule has 0 heterocycles. The van der Waals surface area contributed by atoms with Crippen LogP contribution in [0.2, 0.25) is 0 Å². The number of aliphatic imine (C=N–C) groups is 2. The molecule has 18 N–H and O–H groups in total. The van der Waals surface area contributed by atoms with Crippen molar-refractivity contribution in [2.24, 2.45) is 44.4 Å². The van der Waals surface area contributed by atoms with Gasteiger partial charge in [0.15, 0.2) is 23.5 Å². The maximum atomic E-state index is 14.2. The minimum absolute atomic E-state index is 0.0788. The molecule has 0 bridgehead atoms. The van der Waals surface area contributed by atoms with Crippen LogP contribution in [-0.4, -0.2) is 126 Å². The van der Waals surface area contributed by atoms with Crippen molar-refractivity contribution in [1.29, 1.82) is 0 Å². The van der Waals surface area contributed by atoms with E-state index < -0.39 is 94.7 Å². The molecule has 0 aliphatic rings. The highest BCUT2D eigenvalue weighted by Crippen LogP contribution is 2.18. The Kier molecular flexibility index (Phi) is 31.2. The largest absolute Gasteiger partial charge is 0.444 e. The summed E-state index contributed by atoms with van der Waals surface area (Å²) in [7, 11) is 0. The Morgan fingerprint density at radius 1 is 0.463 bits per heavy atom. The van der Waals surface area contributed by atoms with E-state index in [-0.39, 0.29) is 75.7 Å². The van der Waals surface area contributed by atoms with Crippen molar-refractivity contribution >= 4 is 59.3 Å². The van der Waals surface area contributed by atoms with Gasteiger partial charge in [-0.25, -0.2) is 9.59 Å². The molecule has 6 amide bonds. The zero-order valence-corrected chi connectivity index (χ0v) is 49.6. The molecule has 0 aliphatic carbocycles. The molecule has 2 rings (SSSR count). The molecule has 0 saturated heterocycles. The fraction of sp³-hybridized carbons (Fsp3) is 0.621. The van der Waals surface area contributed by atoms with E-state index in [9.17, 15) is 38.4 Å². The summed E-state index contributed by atoms with van der Waals surface area (Å²) >= 11 is 0. The van der Waals surface area contributed by atoms with E-state index in [0.717, 1.165) is 56.1 Å². The first-order valence-corrected chi connectivity index (χ1v) is 28.5. The van der Waals surface area contributed by atoms with Crippen LogP contribution in [0.5, 0.6) is 0 Å². The number of Topliss-reactive ketones (excluding diaryl/α,β-unsaturated/α-hetero) is 2. The third-order valence-corrected chi connectivity index (χ3v) is 12.8. The highest BCUT2D eigenvalue weighted by Gasteiger charge is 2.37. The van der Waals surface area contributed by atoms with Gasteiger partial charge in [0.25, 0.3) is 0 Å². The molecule has 0 radical (unpaired) electrons. The first kappa shape index (κ1) is 70.8. The number of nitrogens with one attached hydrogen (secondary N) is 6. The highest BCUT2D eigenvalue weighted by molar-refractivity contribution is 5.98. The molecule has 0 unspecified atom stereocenters. The summed E-state index contributed by atoms with van der Waals surface area (Å²) in [4.78, 5) is 115. The quantitative estimate of drug-likeness (QED) is 0.0200. The van der Waals surface area contributed by atoms with E-state index in [1.165, 1.54) is 13.8 Å². The van der Waals surface area contributed by atoms with Crippen molar-refractivity contribution in [3.05, 3.63) is 71.8 Å². The Balaban J connectivity index is 1.99. The van der Waals surface area contributed by atoms with Gasteiger partial charge in [-0.3, -0.25) is 38.8 Å². The van der Waals surface area contributed by atoms with Crippen LogP contribution in [0.1, 0.15) is 163 Å². The smallest absolute Gasteiger partial charge is 0.408 e. The van der Waals surface area contributed by atoms with Crippen LogP contribution in [0.15, 0.2) is 70.6 Å². The minimum Gasteiger partial charge on any atom is -0.444 e. The van der Waals surface area contributed by atoms with Crippen molar-refractivity contribution in [1.82, 2.24) is 31.9 Å². The molecular formula is C58H96N14O10. The lowest BCUT2D eigenvalue weighted by molar-refractivity contribution is -0.133. The average Bonchev–Trinajstić information content (AvgIpc) is 3.48. The van der Waals surface area contributed by atoms with Gasteiger partial charge in [-0.15, -0.1) is 0 Å². The van der Waals surface area contributed by atoms with E-state index in [2.05, 4.69) is 41.9 Å². The maximum Gasteiger partial charge on any atom is 0.408 e. The lowest BCUT2D eigenvalue weighted by Gasteiger charge is -2.30. The van der Waals surface area contributed by atoms with E-state index >= 15 is 0 Å². The number of rotatable bonds is 37. The van der Waals surface area contributed by atoms with E-state index in [1.807, 2.05) is 48.5 Å². The maximum absolute atomic E-state index is 14.2. The summed E-state index contributed by atoms with van der Waals surface area (Å²) in [6.07, 6.45) is 7.25. The molecular weight excluding hydrogens is 1050 g/mol. The van der Waals surface area contributed by atoms with Crippen LogP contribution in [0.4, 0.5) is 9.59 Å². The molecule has 0 spiro atoms. The summed E-state index contributed by atoms with van der Waals surface area (Å²) < 4.78 is 10.5. The molecule has 24 heteroatoms. The van der Waals surface area contributed by atoms with Crippen molar-refractivity contribution in [3.8, 4) is 0 Å². The Morgan fingerprint density at radius 2 is 0.817 bits per heavy atom. The van der Waals surface area contributed by atoms with Gasteiger partial charge in [-0.05, 0) is 124 Å². The van der Waals surface area contributed by atoms with Crippen molar-refractivity contribution in [3.63, 3.8) is 0 Å². The predicted molar refractivity (Wildman–Crippen MR) is 317 cm³/mol. The number of hydrogen-bond donors (Lipinski definition) is 12. The molecule has 2 aromatic rings.